The number of methoxy groups -OCH3 is 1. The van der Waals surface area contributed by atoms with Gasteiger partial charge < -0.3 is 9.64 Å². The Morgan fingerprint density at radius 2 is 2.05 bits per heavy atom. The molecule has 0 saturated carbocycles. The maximum Gasteiger partial charge on any atom is 0.273 e. The van der Waals surface area contributed by atoms with E-state index in [9.17, 15) is 18.5 Å². The largest absolute Gasteiger partial charge is 0.494 e. The maximum atomic E-state index is 11.4. The first-order chi connectivity index (χ1) is 11.8. The number of nitro benzene ring substituents is 1. The zero-order valence-electron chi connectivity index (χ0n) is 16.0. The molecule has 22 heavy (non-hydrogen) atoms. The number of rotatable bonds is 5. The van der Waals surface area contributed by atoms with Crippen molar-refractivity contribution in [1.29, 1.82) is 0 Å². The molecule has 0 radical (unpaired) electrons. The highest BCUT2D eigenvalue weighted by Gasteiger charge is 2.25. The van der Waals surface area contributed by atoms with E-state index < -0.39 is 33.9 Å². The van der Waals surface area contributed by atoms with Crippen molar-refractivity contribution < 1.29 is 27.7 Å². The number of hydrogen-bond acceptors (Lipinski definition) is 7. The van der Waals surface area contributed by atoms with E-state index in [0.717, 1.165) is 12.3 Å². The highest BCUT2D eigenvalue weighted by Crippen LogP contribution is 2.34. The maximum absolute atomic E-state index is 11.4. The predicted molar refractivity (Wildman–Crippen MR) is 80.8 cm³/mol. The zero-order valence-corrected chi connectivity index (χ0v) is 12.8. The lowest BCUT2D eigenvalue weighted by Gasteiger charge is -2.33. The van der Waals surface area contributed by atoms with Crippen molar-refractivity contribution in [2.45, 2.75) is 18.8 Å². The lowest BCUT2D eigenvalue weighted by molar-refractivity contribution is -0.384. The Morgan fingerprint density at radius 1 is 1.41 bits per heavy atom. The van der Waals surface area contributed by atoms with Gasteiger partial charge in [0, 0.05) is 24.6 Å². The minimum atomic E-state index is -4.07. The summed E-state index contributed by atoms with van der Waals surface area (Å²) in [5.41, 5.74) is 0.0237. The fourth-order valence-electron chi connectivity index (χ4n) is 1.97. The van der Waals surface area contributed by atoms with Crippen LogP contribution in [0.5, 0.6) is 5.75 Å². The third kappa shape index (κ3) is 4.08. The van der Waals surface area contributed by atoms with Gasteiger partial charge in [0.05, 0.1) is 36.1 Å². The summed E-state index contributed by atoms with van der Waals surface area (Å²) in [4.78, 5) is 11.6. The van der Waals surface area contributed by atoms with E-state index in [1.165, 1.54) is 24.1 Å². The van der Waals surface area contributed by atoms with Crippen LogP contribution < -0.4 is 9.64 Å². The third-order valence-corrected chi connectivity index (χ3v) is 3.46. The SMILES string of the molecule is [2H]C1([2H])CN(c2ccc([N+](=O)[O-])cc2OC)CC([2H])([2H])C1OS(C)(=O)=O. The summed E-state index contributed by atoms with van der Waals surface area (Å²) < 4.78 is 64.9. The van der Waals surface area contributed by atoms with E-state index in [0.29, 0.717) is 0 Å². The smallest absolute Gasteiger partial charge is 0.273 e. The number of nitro groups is 1. The molecule has 0 aliphatic carbocycles. The molecule has 0 spiro atoms. The van der Waals surface area contributed by atoms with Gasteiger partial charge in [-0.05, 0) is 18.8 Å². The van der Waals surface area contributed by atoms with Crippen LogP contribution in [0.25, 0.3) is 0 Å². The minimum Gasteiger partial charge on any atom is -0.494 e. The van der Waals surface area contributed by atoms with Gasteiger partial charge >= 0.3 is 0 Å². The highest BCUT2D eigenvalue weighted by atomic mass is 32.2. The van der Waals surface area contributed by atoms with Crippen LogP contribution in [0.15, 0.2) is 18.2 Å². The van der Waals surface area contributed by atoms with E-state index in [4.69, 9.17) is 10.2 Å². The molecule has 0 atom stereocenters. The minimum absolute atomic E-state index is 0.0771. The molecule has 1 saturated heterocycles. The van der Waals surface area contributed by atoms with E-state index in [1.807, 2.05) is 0 Å². The molecule has 9 heteroatoms. The van der Waals surface area contributed by atoms with Crippen molar-refractivity contribution in [2.75, 3.05) is 31.4 Å². The molecular weight excluding hydrogens is 312 g/mol. The molecule has 0 aromatic heterocycles. The van der Waals surface area contributed by atoms with Gasteiger partial charge in [-0.2, -0.15) is 8.42 Å². The van der Waals surface area contributed by atoms with Crippen LogP contribution in [0.4, 0.5) is 11.4 Å². The van der Waals surface area contributed by atoms with Gasteiger partial charge in [0.25, 0.3) is 15.8 Å². The first kappa shape index (κ1) is 11.7. The van der Waals surface area contributed by atoms with Crippen molar-refractivity contribution in [3.8, 4) is 5.75 Å². The van der Waals surface area contributed by atoms with Gasteiger partial charge in [-0.3, -0.25) is 14.3 Å². The van der Waals surface area contributed by atoms with Gasteiger partial charge in [-0.15, -0.1) is 0 Å². The second kappa shape index (κ2) is 6.49. The van der Waals surface area contributed by atoms with Crippen LogP contribution in [0.1, 0.15) is 18.2 Å². The molecule has 2 rings (SSSR count). The predicted octanol–water partition coefficient (Wildman–Crippen LogP) is 1.55. The lowest BCUT2D eigenvalue weighted by atomic mass is 10.1. The number of anilines is 1. The summed E-state index contributed by atoms with van der Waals surface area (Å²) in [5.74, 6) is 0.0771. The Kier molecular flexibility index (Phi) is 3.44. The van der Waals surface area contributed by atoms with Crippen LogP contribution in [-0.4, -0.2) is 45.9 Å². The van der Waals surface area contributed by atoms with Crippen molar-refractivity contribution in [3.63, 3.8) is 0 Å². The normalized spacial score (nSPS) is 23.8. The number of hydrogen-bond donors (Lipinski definition) is 0. The number of nitrogens with zero attached hydrogens (tertiary/aromatic N) is 2. The van der Waals surface area contributed by atoms with E-state index in [2.05, 4.69) is 4.18 Å². The molecule has 0 bridgehead atoms. The van der Waals surface area contributed by atoms with Gasteiger partial charge in [0.15, 0.2) is 0 Å². The van der Waals surface area contributed by atoms with E-state index >= 15 is 0 Å². The Balaban J connectivity index is 2.42. The quantitative estimate of drug-likeness (QED) is 0.457. The third-order valence-electron chi connectivity index (χ3n) is 2.92. The molecule has 1 aromatic rings. The topological polar surface area (TPSA) is 99.0 Å². The summed E-state index contributed by atoms with van der Waals surface area (Å²) in [7, 11) is -2.79. The first-order valence-corrected chi connectivity index (χ1v) is 8.04. The summed E-state index contributed by atoms with van der Waals surface area (Å²) in [6.07, 6.45) is -5.80. The molecule has 0 amide bonds. The molecule has 1 fully saturated rings. The molecule has 8 nitrogen and oxygen atoms in total. The van der Waals surface area contributed by atoms with Gasteiger partial charge in [-0.25, -0.2) is 0 Å². The van der Waals surface area contributed by atoms with Crippen molar-refractivity contribution in [1.82, 2.24) is 0 Å². The van der Waals surface area contributed by atoms with E-state index in [1.54, 1.807) is 0 Å². The van der Waals surface area contributed by atoms with Gasteiger partial charge in [-0.1, -0.05) is 0 Å². The molecule has 1 aliphatic heterocycles. The van der Waals surface area contributed by atoms with E-state index in [-0.39, 0.29) is 30.2 Å². The summed E-state index contributed by atoms with van der Waals surface area (Å²) in [6.45, 7) is -0.776. The van der Waals surface area contributed by atoms with Crippen molar-refractivity contribution >= 4 is 21.5 Å². The van der Waals surface area contributed by atoms with Crippen LogP contribution in [0, 0.1) is 10.1 Å². The van der Waals surface area contributed by atoms with Crippen LogP contribution in [0.2, 0.25) is 0 Å². The second-order valence-electron chi connectivity index (χ2n) is 4.56. The molecule has 1 aliphatic rings. The van der Waals surface area contributed by atoms with Crippen molar-refractivity contribution in [3.05, 3.63) is 28.3 Å². The highest BCUT2D eigenvalue weighted by molar-refractivity contribution is 7.86. The average molecular weight is 334 g/mol. The number of non-ortho nitro benzene ring substituents is 1. The second-order valence-corrected chi connectivity index (χ2v) is 6.16. The molecular formula is C13H18N2O6S. The van der Waals surface area contributed by atoms with Crippen LogP contribution in [0.3, 0.4) is 0 Å². The van der Waals surface area contributed by atoms with Gasteiger partial charge in [0.1, 0.15) is 5.75 Å². The molecule has 1 aromatic carbocycles. The average Bonchev–Trinajstić information content (AvgIpc) is 2.48. The lowest BCUT2D eigenvalue weighted by Crippen LogP contribution is -2.37. The van der Waals surface area contributed by atoms with Crippen molar-refractivity contribution in [2.24, 2.45) is 0 Å². The fraction of sp³-hybridized carbons (Fsp3) is 0.538. The Bertz CT molecular complexity index is 799. The number of benzene rings is 1. The number of piperidine rings is 1. The fourth-order valence-corrected chi connectivity index (χ4v) is 2.45. The molecule has 0 unspecified atom stereocenters. The number of ether oxygens (including phenoxy) is 1. The zero-order chi connectivity index (χ0) is 19.9. The molecule has 122 valence electrons. The molecule has 1 heterocycles. The summed E-state index contributed by atoms with van der Waals surface area (Å²) in [5, 5.41) is 10.9. The van der Waals surface area contributed by atoms with Crippen LogP contribution in [-0.2, 0) is 14.3 Å². The summed E-state index contributed by atoms with van der Waals surface area (Å²) in [6, 6.07) is 3.68. The van der Waals surface area contributed by atoms with Crippen LogP contribution >= 0.6 is 0 Å². The Labute approximate surface area is 134 Å². The summed E-state index contributed by atoms with van der Waals surface area (Å²) >= 11 is 0. The first-order valence-electron chi connectivity index (χ1n) is 8.22. The molecule has 0 N–H and O–H groups in total. The Morgan fingerprint density at radius 3 is 2.55 bits per heavy atom. The standard InChI is InChI=1S/C13H18N2O6S/c1-20-13-9-10(15(16)17)3-4-12(13)14-7-5-11(6-8-14)21-22(2,18)19/h3-4,9,11H,5-8H2,1-2H3/i5D2,6D2. The Hall–Kier alpha value is -1.87. The van der Waals surface area contributed by atoms with Gasteiger partial charge in [0.2, 0.25) is 0 Å². The monoisotopic (exact) mass is 334 g/mol.